The van der Waals surface area contributed by atoms with E-state index in [1.165, 1.54) is 23.5 Å². The van der Waals surface area contributed by atoms with Crippen LogP contribution in [0.25, 0.3) is 10.6 Å². The van der Waals surface area contributed by atoms with Crippen LogP contribution in [0, 0.1) is 12.7 Å². The lowest BCUT2D eigenvalue weighted by Crippen LogP contribution is -2.06. The van der Waals surface area contributed by atoms with E-state index < -0.39 is 5.97 Å². The summed E-state index contributed by atoms with van der Waals surface area (Å²) in [7, 11) is 0. The highest BCUT2D eigenvalue weighted by molar-refractivity contribution is 7.15. The van der Waals surface area contributed by atoms with Crippen LogP contribution in [0.2, 0.25) is 0 Å². The maximum absolute atomic E-state index is 12.8. The number of hydrogen-bond acceptors (Lipinski definition) is 4. The van der Waals surface area contributed by atoms with Gasteiger partial charge in [-0.3, -0.25) is 0 Å². The highest BCUT2D eigenvalue weighted by atomic mass is 32.1. The zero-order chi connectivity index (χ0) is 13.1. The molecule has 0 unspecified atom stereocenters. The first-order chi connectivity index (χ1) is 8.61. The molecule has 0 aliphatic rings. The Hall–Kier alpha value is -1.75. The summed E-state index contributed by atoms with van der Waals surface area (Å²) in [5, 5.41) is 0.690. The molecule has 3 nitrogen and oxygen atoms in total. The number of carbonyl (C=O) groups is 1. The second-order valence-electron chi connectivity index (χ2n) is 3.65. The number of thiazole rings is 1. The lowest BCUT2D eigenvalue weighted by atomic mass is 10.2. The Morgan fingerprint density at radius 2 is 2.06 bits per heavy atom. The Kier molecular flexibility index (Phi) is 3.72. The van der Waals surface area contributed by atoms with Crippen molar-refractivity contribution < 1.29 is 13.9 Å². The molecule has 94 valence electrons. The molecule has 0 aliphatic heterocycles. The molecule has 0 spiro atoms. The summed E-state index contributed by atoms with van der Waals surface area (Å²) < 4.78 is 17.7. The van der Waals surface area contributed by atoms with Gasteiger partial charge in [-0.2, -0.15) is 0 Å². The van der Waals surface area contributed by atoms with Gasteiger partial charge in [-0.15, -0.1) is 11.3 Å². The summed E-state index contributed by atoms with van der Waals surface area (Å²) in [6.45, 7) is 3.89. The molecule has 2 rings (SSSR count). The third kappa shape index (κ3) is 2.56. The minimum Gasteiger partial charge on any atom is -0.461 e. The average Bonchev–Trinajstić information content (AvgIpc) is 2.72. The van der Waals surface area contributed by atoms with Crippen molar-refractivity contribution in [3.63, 3.8) is 0 Å². The summed E-state index contributed by atoms with van der Waals surface area (Å²) in [6, 6.07) is 6.03. The minimum absolute atomic E-state index is 0.294. The van der Waals surface area contributed by atoms with Gasteiger partial charge >= 0.3 is 5.97 Å². The SMILES string of the molecule is CCOC(=O)c1nc(-c2ccc(F)cc2)sc1C. The quantitative estimate of drug-likeness (QED) is 0.798. The van der Waals surface area contributed by atoms with E-state index in [0.29, 0.717) is 17.3 Å². The third-order valence-corrected chi connectivity index (χ3v) is 3.38. The van der Waals surface area contributed by atoms with Crippen LogP contribution in [0.5, 0.6) is 0 Å². The van der Waals surface area contributed by atoms with Gasteiger partial charge < -0.3 is 4.74 Å². The van der Waals surface area contributed by atoms with Gasteiger partial charge in [0.25, 0.3) is 0 Å². The maximum Gasteiger partial charge on any atom is 0.358 e. The fourth-order valence-electron chi connectivity index (χ4n) is 1.50. The van der Waals surface area contributed by atoms with Crippen molar-refractivity contribution in [2.45, 2.75) is 13.8 Å². The van der Waals surface area contributed by atoms with Crippen molar-refractivity contribution in [2.75, 3.05) is 6.61 Å². The monoisotopic (exact) mass is 265 g/mol. The number of nitrogens with zero attached hydrogens (tertiary/aromatic N) is 1. The molecular formula is C13H12FNO2S. The van der Waals surface area contributed by atoms with E-state index in [9.17, 15) is 9.18 Å². The zero-order valence-electron chi connectivity index (χ0n) is 10.1. The first-order valence-electron chi connectivity index (χ1n) is 5.52. The van der Waals surface area contributed by atoms with Crippen LogP contribution in [0.3, 0.4) is 0 Å². The number of esters is 1. The molecule has 0 saturated carbocycles. The van der Waals surface area contributed by atoms with Crippen LogP contribution in [-0.4, -0.2) is 17.6 Å². The van der Waals surface area contributed by atoms with Crippen LogP contribution < -0.4 is 0 Å². The number of halogens is 1. The van der Waals surface area contributed by atoms with Gasteiger partial charge in [0.2, 0.25) is 0 Å². The number of aryl methyl sites for hydroxylation is 1. The van der Waals surface area contributed by atoms with Crippen molar-refractivity contribution in [1.29, 1.82) is 0 Å². The number of ether oxygens (including phenoxy) is 1. The summed E-state index contributed by atoms with van der Waals surface area (Å²) in [5.41, 5.74) is 1.13. The topological polar surface area (TPSA) is 39.2 Å². The normalized spacial score (nSPS) is 10.4. The van der Waals surface area contributed by atoms with Crippen LogP contribution in [-0.2, 0) is 4.74 Å². The van der Waals surface area contributed by atoms with E-state index in [1.54, 1.807) is 19.1 Å². The van der Waals surface area contributed by atoms with Crippen molar-refractivity contribution in [3.8, 4) is 10.6 Å². The second-order valence-corrected chi connectivity index (χ2v) is 4.85. The minimum atomic E-state index is -0.417. The molecule has 1 heterocycles. The highest BCUT2D eigenvalue weighted by Gasteiger charge is 2.17. The molecule has 0 radical (unpaired) electrons. The second kappa shape index (κ2) is 5.27. The fraction of sp³-hybridized carbons (Fsp3) is 0.231. The lowest BCUT2D eigenvalue weighted by Gasteiger charge is -1.98. The number of carbonyl (C=O) groups excluding carboxylic acids is 1. The average molecular weight is 265 g/mol. The van der Waals surface area contributed by atoms with Gasteiger partial charge in [-0.1, -0.05) is 0 Å². The van der Waals surface area contributed by atoms with Crippen molar-refractivity contribution in [3.05, 3.63) is 40.7 Å². The molecule has 18 heavy (non-hydrogen) atoms. The summed E-state index contributed by atoms with van der Waals surface area (Å²) >= 11 is 1.39. The standard InChI is InChI=1S/C13H12FNO2S/c1-3-17-13(16)11-8(2)18-12(15-11)9-4-6-10(14)7-5-9/h4-7H,3H2,1-2H3. The van der Waals surface area contributed by atoms with Crippen LogP contribution in [0.4, 0.5) is 4.39 Å². The number of benzene rings is 1. The van der Waals surface area contributed by atoms with E-state index in [2.05, 4.69) is 4.98 Å². The molecule has 2 aromatic rings. The van der Waals surface area contributed by atoms with Crippen LogP contribution in [0.1, 0.15) is 22.3 Å². The van der Waals surface area contributed by atoms with E-state index in [-0.39, 0.29) is 5.82 Å². The molecule has 0 N–H and O–H groups in total. The summed E-state index contributed by atoms with van der Waals surface area (Å²) in [6.07, 6.45) is 0. The summed E-state index contributed by atoms with van der Waals surface area (Å²) in [4.78, 5) is 16.7. The van der Waals surface area contributed by atoms with E-state index >= 15 is 0 Å². The number of hydrogen-bond donors (Lipinski definition) is 0. The molecule has 1 aromatic heterocycles. The Bertz CT molecular complexity index is 563. The zero-order valence-corrected chi connectivity index (χ0v) is 10.9. The molecule has 0 bridgehead atoms. The first-order valence-corrected chi connectivity index (χ1v) is 6.34. The van der Waals surface area contributed by atoms with E-state index in [1.807, 2.05) is 6.92 Å². The van der Waals surface area contributed by atoms with Gasteiger partial charge in [0.15, 0.2) is 5.69 Å². The number of rotatable bonds is 3. The van der Waals surface area contributed by atoms with Gasteiger partial charge in [-0.25, -0.2) is 14.2 Å². The van der Waals surface area contributed by atoms with E-state index in [4.69, 9.17) is 4.74 Å². The van der Waals surface area contributed by atoms with Gasteiger partial charge in [0.05, 0.1) is 6.61 Å². The molecule has 5 heteroatoms. The number of aromatic nitrogens is 1. The Morgan fingerprint density at radius 1 is 1.39 bits per heavy atom. The van der Waals surface area contributed by atoms with Gasteiger partial charge in [-0.05, 0) is 38.1 Å². The van der Waals surface area contributed by atoms with Crippen LogP contribution >= 0.6 is 11.3 Å². The molecule has 0 amide bonds. The van der Waals surface area contributed by atoms with E-state index in [0.717, 1.165) is 10.4 Å². The van der Waals surface area contributed by atoms with Crippen molar-refractivity contribution in [2.24, 2.45) is 0 Å². The molecular weight excluding hydrogens is 253 g/mol. The smallest absolute Gasteiger partial charge is 0.358 e. The molecule has 0 atom stereocenters. The predicted molar refractivity (Wildman–Crippen MR) is 68.2 cm³/mol. The molecule has 0 saturated heterocycles. The largest absolute Gasteiger partial charge is 0.461 e. The molecule has 0 fully saturated rings. The predicted octanol–water partition coefficient (Wildman–Crippen LogP) is 3.43. The van der Waals surface area contributed by atoms with Crippen molar-refractivity contribution >= 4 is 17.3 Å². The first kappa shape index (κ1) is 12.7. The Morgan fingerprint density at radius 3 is 2.67 bits per heavy atom. The third-order valence-electron chi connectivity index (χ3n) is 2.36. The maximum atomic E-state index is 12.8. The van der Waals surface area contributed by atoms with Crippen LogP contribution in [0.15, 0.2) is 24.3 Å². The van der Waals surface area contributed by atoms with Gasteiger partial charge in [0.1, 0.15) is 10.8 Å². The Labute approximate surface area is 108 Å². The van der Waals surface area contributed by atoms with Crippen molar-refractivity contribution in [1.82, 2.24) is 4.98 Å². The lowest BCUT2D eigenvalue weighted by molar-refractivity contribution is 0.0519. The fourth-order valence-corrected chi connectivity index (χ4v) is 2.41. The Balaban J connectivity index is 2.34. The highest BCUT2D eigenvalue weighted by Crippen LogP contribution is 2.28. The molecule has 0 aliphatic carbocycles. The summed E-state index contributed by atoms with van der Waals surface area (Å²) in [5.74, 6) is -0.711. The molecule has 1 aromatic carbocycles. The van der Waals surface area contributed by atoms with Gasteiger partial charge in [0, 0.05) is 10.4 Å².